The molecule has 0 unspecified atom stereocenters. The number of amides is 1. The third-order valence-electron chi connectivity index (χ3n) is 7.12. The lowest BCUT2D eigenvalue weighted by molar-refractivity contribution is 0.0949. The first-order chi connectivity index (χ1) is 16.7. The van der Waals surface area contributed by atoms with Gasteiger partial charge in [-0.1, -0.05) is 0 Å². The van der Waals surface area contributed by atoms with E-state index in [4.69, 9.17) is 5.73 Å². The molecule has 2 aromatic rings. The second-order valence-corrected chi connectivity index (χ2v) is 10.5. The highest BCUT2D eigenvalue weighted by molar-refractivity contribution is 7.98. The molecule has 1 aromatic heterocycles. The second-order valence-electron chi connectivity index (χ2n) is 9.65. The van der Waals surface area contributed by atoms with Crippen LogP contribution in [0.5, 0.6) is 0 Å². The molecular formula is C27H41N5O2S. The maximum atomic E-state index is 13.3. The van der Waals surface area contributed by atoms with Crippen LogP contribution in [0.15, 0.2) is 27.9 Å². The summed E-state index contributed by atoms with van der Waals surface area (Å²) in [5.74, 6) is -0.184. The number of anilines is 1. The van der Waals surface area contributed by atoms with Gasteiger partial charge in [0.15, 0.2) is 0 Å². The Bertz CT molecular complexity index is 1090. The maximum absolute atomic E-state index is 13.3. The van der Waals surface area contributed by atoms with Crippen LogP contribution in [-0.2, 0) is 13.1 Å². The van der Waals surface area contributed by atoms with E-state index in [0.717, 1.165) is 59.9 Å². The molecule has 1 aliphatic heterocycles. The highest BCUT2D eigenvalue weighted by atomic mass is 32.2. The summed E-state index contributed by atoms with van der Waals surface area (Å²) >= 11 is 1.51. The Labute approximate surface area is 213 Å². The molecule has 0 bridgehead atoms. The van der Waals surface area contributed by atoms with Gasteiger partial charge in [-0.3, -0.25) is 9.59 Å². The van der Waals surface area contributed by atoms with Crippen LogP contribution >= 0.6 is 11.8 Å². The van der Waals surface area contributed by atoms with E-state index in [-0.39, 0.29) is 18.0 Å². The number of carbonyl (C=O) groups excluding carboxylic acids is 1. The average molecular weight is 500 g/mol. The molecule has 0 radical (unpaired) electrons. The molecule has 4 N–H and O–H groups in total. The third kappa shape index (κ3) is 6.29. The van der Waals surface area contributed by atoms with Crippen molar-refractivity contribution in [1.29, 1.82) is 0 Å². The van der Waals surface area contributed by atoms with Gasteiger partial charge >= 0.3 is 0 Å². The van der Waals surface area contributed by atoms with Crippen LogP contribution in [0.1, 0.15) is 66.4 Å². The summed E-state index contributed by atoms with van der Waals surface area (Å²) in [5, 5.41) is 2.99. The fourth-order valence-electron chi connectivity index (χ4n) is 5.05. The summed E-state index contributed by atoms with van der Waals surface area (Å²) in [7, 11) is 0. The Balaban J connectivity index is 1.86. The number of pyridine rings is 1. The first kappa shape index (κ1) is 27.3. The van der Waals surface area contributed by atoms with Crippen molar-refractivity contribution >= 4 is 23.4 Å². The molecule has 8 heteroatoms. The normalized spacial score (nSPS) is 15.0. The Morgan fingerprint density at radius 1 is 1.26 bits per heavy atom. The molecular weight excluding hydrogens is 458 g/mol. The van der Waals surface area contributed by atoms with Gasteiger partial charge in [0.1, 0.15) is 0 Å². The van der Waals surface area contributed by atoms with Crippen molar-refractivity contribution in [2.24, 2.45) is 5.73 Å². The number of hydrogen-bond acceptors (Lipinski definition) is 6. The molecule has 192 valence electrons. The molecule has 7 nitrogen and oxygen atoms in total. The van der Waals surface area contributed by atoms with E-state index in [1.54, 1.807) is 0 Å². The van der Waals surface area contributed by atoms with Gasteiger partial charge in [-0.15, -0.1) is 11.8 Å². The van der Waals surface area contributed by atoms with Crippen LogP contribution < -0.4 is 21.5 Å². The minimum atomic E-state index is -0.184. The first-order valence-corrected chi connectivity index (χ1v) is 13.8. The molecule has 3 rings (SSSR count). The van der Waals surface area contributed by atoms with Crippen LogP contribution in [0.4, 0.5) is 5.69 Å². The molecule has 0 saturated carbocycles. The van der Waals surface area contributed by atoms with E-state index >= 15 is 0 Å². The number of rotatable bonds is 9. The number of piperidine rings is 1. The molecule has 1 aromatic carbocycles. The van der Waals surface area contributed by atoms with Gasteiger partial charge in [0.25, 0.3) is 11.5 Å². The van der Waals surface area contributed by atoms with Crippen LogP contribution in [0, 0.1) is 13.8 Å². The van der Waals surface area contributed by atoms with E-state index in [2.05, 4.69) is 46.9 Å². The molecule has 0 aliphatic carbocycles. The summed E-state index contributed by atoms with van der Waals surface area (Å²) < 4.78 is 0. The molecule has 1 saturated heterocycles. The number of carbonyl (C=O) groups is 1. The summed E-state index contributed by atoms with van der Waals surface area (Å²) in [6.45, 7) is 14.2. The zero-order valence-corrected chi connectivity index (χ0v) is 22.8. The van der Waals surface area contributed by atoms with Crippen molar-refractivity contribution < 1.29 is 4.79 Å². The number of aromatic amines is 1. The lowest BCUT2D eigenvalue weighted by Crippen LogP contribution is -2.47. The van der Waals surface area contributed by atoms with Crippen molar-refractivity contribution in [3.63, 3.8) is 0 Å². The Morgan fingerprint density at radius 2 is 1.94 bits per heavy atom. The number of aryl methyl sites for hydroxylation is 1. The number of aromatic nitrogens is 1. The van der Waals surface area contributed by atoms with Crippen molar-refractivity contribution in [3.05, 3.63) is 56.5 Å². The van der Waals surface area contributed by atoms with Gasteiger partial charge in [-0.05, 0) is 83.0 Å². The van der Waals surface area contributed by atoms with Gasteiger partial charge in [0, 0.05) is 72.2 Å². The topological polar surface area (TPSA) is 94.5 Å². The summed E-state index contributed by atoms with van der Waals surface area (Å²) in [6, 6.07) is 6.97. The van der Waals surface area contributed by atoms with Crippen LogP contribution in [0.25, 0.3) is 0 Å². The quantitative estimate of drug-likeness (QED) is 0.455. The first-order valence-electron chi connectivity index (χ1n) is 12.6. The van der Waals surface area contributed by atoms with Gasteiger partial charge in [0.05, 0.1) is 0 Å². The van der Waals surface area contributed by atoms with Crippen molar-refractivity contribution in [3.8, 4) is 0 Å². The molecule has 1 amide bonds. The van der Waals surface area contributed by atoms with Crippen molar-refractivity contribution in [1.82, 2.24) is 15.2 Å². The minimum Gasteiger partial charge on any atom is -0.368 e. The number of hydrogen-bond donors (Lipinski definition) is 3. The standard InChI is InChI=1S/C27H41N5O2S/c1-7-32(21-8-10-31(11-9-21)17(2)3)24-14-20(15-28)13-22(19(24)5)26(33)29-16-23-25(35-6)12-18(4)30-27(23)34/h12-14,17,21H,7-11,15-16,28H2,1-6H3,(H,29,33)(H,30,34). The predicted octanol–water partition coefficient (Wildman–Crippen LogP) is 3.80. The Morgan fingerprint density at radius 3 is 2.51 bits per heavy atom. The molecule has 0 atom stereocenters. The number of nitrogens with one attached hydrogen (secondary N) is 2. The van der Waals surface area contributed by atoms with E-state index in [1.807, 2.05) is 32.2 Å². The Kier molecular flexibility index (Phi) is 9.44. The number of H-pyrrole nitrogens is 1. The fourth-order valence-corrected chi connectivity index (χ4v) is 5.75. The number of likely N-dealkylation sites (tertiary alicyclic amines) is 1. The van der Waals surface area contributed by atoms with Gasteiger partial charge < -0.3 is 25.8 Å². The number of thioether (sulfide) groups is 1. The monoisotopic (exact) mass is 499 g/mol. The van der Waals surface area contributed by atoms with E-state index < -0.39 is 0 Å². The number of benzene rings is 1. The summed E-state index contributed by atoms with van der Waals surface area (Å²) in [6.07, 6.45) is 4.15. The van der Waals surface area contributed by atoms with Gasteiger partial charge in [0.2, 0.25) is 0 Å². The lowest BCUT2D eigenvalue weighted by atomic mass is 9.96. The molecule has 0 spiro atoms. The third-order valence-corrected chi connectivity index (χ3v) is 7.92. The lowest BCUT2D eigenvalue weighted by Gasteiger charge is -2.41. The number of nitrogens with two attached hydrogens (primary N) is 1. The smallest absolute Gasteiger partial charge is 0.254 e. The van der Waals surface area contributed by atoms with Crippen LogP contribution in [-0.4, -0.2) is 53.8 Å². The highest BCUT2D eigenvalue weighted by Crippen LogP contribution is 2.30. The molecule has 1 fully saturated rings. The fraction of sp³-hybridized carbons (Fsp3) is 0.556. The molecule has 2 heterocycles. The minimum absolute atomic E-state index is 0.160. The van der Waals surface area contributed by atoms with E-state index in [9.17, 15) is 9.59 Å². The van der Waals surface area contributed by atoms with Crippen molar-refractivity contribution in [2.45, 2.75) is 77.5 Å². The van der Waals surface area contributed by atoms with Crippen LogP contribution in [0.2, 0.25) is 0 Å². The largest absolute Gasteiger partial charge is 0.368 e. The van der Waals surface area contributed by atoms with Crippen LogP contribution in [0.3, 0.4) is 0 Å². The number of nitrogens with zero attached hydrogens (tertiary/aromatic N) is 2. The predicted molar refractivity (Wildman–Crippen MR) is 147 cm³/mol. The molecule has 1 aliphatic rings. The van der Waals surface area contributed by atoms with Crippen molar-refractivity contribution in [2.75, 3.05) is 30.8 Å². The van der Waals surface area contributed by atoms with Gasteiger partial charge in [-0.2, -0.15) is 0 Å². The maximum Gasteiger partial charge on any atom is 0.254 e. The van der Waals surface area contributed by atoms with E-state index in [1.165, 1.54) is 11.8 Å². The molecule has 35 heavy (non-hydrogen) atoms. The zero-order chi connectivity index (χ0) is 25.7. The second kappa shape index (κ2) is 12.1. The zero-order valence-electron chi connectivity index (χ0n) is 22.0. The van der Waals surface area contributed by atoms with E-state index in [0.29, 0.717) is 29.8 Å². The summed E-state index contributed by atoms with van der Waals surface area (Å²) in [5.41, 5.74) is 10.9. The SMILES string of the molecule is CCN(c1cc(CN)cc(C(=O)NCc2c(SC)cc(C)[nH]c2=O)c1C)C1CCN(C(C)C)CC1. The van der Waals surface area contributed by atoms with Gasteiger partial charge in [-0.25, -0.2) is 0 Å². The average Bonchev–Trinajstić information content (AvgIpc) is 2.84. The highest BCUT2D eigenvalue weighted by Gasteiger charge is 2.27. The Hall–Kier alpha value is -2.29. The summed E-state index contributed by atoms with van der Waals surface area (Å²) in [4.78, 5) is 34.5.